The van der Waals surface area contributed by atoms with E-state index in [4.69, 9.17) is 4.74 Å². The van der Waals surface area contributed by atoms with Gasteiger partial charge in [0.15, 0.2) is 11.6 Å². The molecule has 0 saturated carbocycles. The molecule has 0 spiro atoms. The van der Waals surface area contributed by atoms with Crippen molar-refractivity contribution in [2.45, 2.75) is 13.3 Å². The Bertz CT molecular complexity index is 416. The van der Waals surface area contributed by atoms with Crippen LogP contribution in [0.5, 0.6) is 5.75 Å². The minimum Gasteiger partial charge on any atom is -0.494 e. The second-order valence-corrected chi connectivity index (χ2v) is 3.57. The van der Waals surface area contributed by atoms with Gasteiger partial charge in [-0.1, -0.05) is 18.2 Å². The van der Waals surface area contributed by atoms with Crippen molar-refractivity contribution in [3.05, 3.63) is 35.7 Å². The van der Waals surface area contributed by atoms with E-state index < -0.39 is 0 Å². The van der Waals surface area contributed by atoms with Crippen LogP contribution in [0.25, 0.3) is 6.08 Å². The third kappa shape index (κ3) is 4.68. The van der Waals surface area contributed by atoms with E-state index in [1.165, 1.54) is 20.1 Å². The fourth-order valence-corrected chi connectivity index (χ4v) is 1.33. The van der Waals surface area contributed by atoms with Gasteiger partial charge in [0.2, 0.25) is 5.91 Å². The summed E-state index contributed by atoms with van der Waals surface area (Å²) in [7, 11) is 1.43. The van der Waals surface area contributed by atoms with E-state index in [9.17, 15) is 9.18 Å². The Morgan fingerprint density at radius 1 is 1.53 bits per heavy atom. The lowest BCUT2D eigenvalue weighted by Gasteiger charge is -2.02. The van der Waals surface area contributed by atoms with Gasteiger partial charge >= 0.3 is 0 Å². The fraction of sp³-hybridized carbons (Fsp3) is 0.308. The van der Waals surface area contributed by atoms with E-state index in [1.54, 1.807) is 12.1 Å². The molecule has 1 N–H and O–H groups in total. The van der Waals surface area contributed by atoms with Crippen LogP contribution in [-0.4, -0.2) is 19.6 Å². The number of amides is 1. The fourth-order valence-electron chi connectivity index (χ4n) is 1.33. The monoisotopic (exact) mass is 237 g/mol. The molecule has 0 saturated heterocycles. The highest BCUT2D eigenvalue weighted by Gasteiger charge is 2.00. The van der Waals surface area contributed by atoms with Crippen molar-refractivity contribution in [2.24, 2.45) is 0 Å². The highest BCUT2D eigenvalue weighted by Crippen LogP contribution is 2.18. The first-order valence-corrected chi connectivity index (χ1v) is 5.38. The Morgan fingerprint density at radius 3 is 2.94 bits per heavy atom. The lowest BCUT2D eigenvalue weighted by Crippen LogP contribution is -2.20. The van der Waals surface area contributed by atoms with Crippen LogP contribution in [-0.2, 0) is 4.79 Å². The smallest absolute Gasteiger partial charge is 0.216 e. The van der Waals surface area contributed by atoms with E-state index in [0.717, 1.165) is 12.0 Å². The molecule has 0 fully saturated rings. The van der Waals surface area contributed by atoms with E-state index in [-0.39, 0.29) is 17.5 Å². The zero-order valence-corrected chi connectivity index (χ0v) is 10.00. The summed E-state index contributed by atoms with van der Waals surface area (Å²) >= 11 is 0. The summed E-state index contributed by atoms with van der Waals surface area (Å²) in [6, 6.07) is 4.67. The molecule has 17 heavy (non-hydrogen) atoms. The largest absolute Gasteiger partial charge is 0.494 e. The summed E-state index contributed by atoms with van der Waals surface area (Å²) < 4.78 is 18.0. The zero-order chi connectivity index (χ0) is 12.7. The van der Waals surface area contributed by atoms with Gasteiger partial charge in [0.25, 0.3) is 0 Å². The van der Waals surface area contributed by atoms with Crippen LogP contribution < -0.4 is 10.1 Å². The highest BCUT2D eigenvalue weighted by atomic mass is 19.1. The molecule has 4 heteroatoms. The maximum atomic E-state index is 13.1. The Hall–Kier alpha value is -1.84. The van der Waals surface area contributed by atoms with Crippen molar-refractivity contribution >= 4 is 12.0 Å². The van der Waals surface area contributed by atoms with Crippen molar-refractivity contribution in [3.63, 3.8) is 0 Å². The van der Waals surface area contributed by atoms with Crippen molar-refractivity contribution in [1.29, 1.82) is 0 Å². The molecule has 0 unspecified atom stereocenters. The van der Waals surface area contributed by atoms with Crippen LogP contribution >= 0.6 is 0 Å². The molecule has 0 heterocycles. The number of ether oxygens (including phenoxy) is 1. The number of nitrogens with one attached hydrogen (secondary N) is 1. The Morgan fingerprint density at radius 2 is 2.29 bits per heavy atom. The number of halogens is 1. The van der Waals surface area contributed by atoms with Crippen LogP contribution in [0, 0.1) is 5.82 Å². The lowest BCUT2D eigenvalue weighted by atomic mass is 10.2. The Balaban J connectivity index is 2.50. The second kappa shape index (κ2) is 6.68. The van der Waals surface area contributed by atoms with Crippen molar-refractivity contribution in [3.8, 4) is 5.75 Å². The topological polar surface area (TPSA) is 38.3 Å². The molecule has 1 amide bonds. The molecule has 0 aliphatic carbocycles. The standard InChI is InChI=1S/C13H16FNO2/c1-10(16)15-8-4-3-5-11-6-7-12(14)13(9-11)17-2/h3,5-7,9H,4,8H2,1-2H3,(H,15,16). The second-order valence-electron chi connectivity index (χ2n) is 3.57. The Labute approximate surface area is 100 Å². The molecule has 1 aromatic rings. The normalized spacial score (nSPS) is 10.5. The molecule has 0 aliphatic heterocycles. The highest BCUT2D eigenvalue weighted by molar-refractivity contribution is 5.72. The number of hydrogen-bond acceptors (Lipinski definition) is 2. The van der Waals surface area contributed by atoms with Crippen molar-refractivity contribution < 1.29 is 13.9 Å². The summed E-state index contributed by atoms with van der Waals surface area (Å²) in [4.78, 5) is 10.6. The number of rotatable bonds is 5. The molecule has 0 bridgehead atoms. The quantitative estimate of drug-likeness (QED) is 0.798. The van der Waals surface area contributed by atoms with Gasteiger partial charge < -0.3 is 10.1 Å². The number of carbonyl (C=O) groups excluding carboxylic acids is 1. The number of carbonyl (C=O) groups is 1. The van der Waals surface area contributed by atoms with Gasteiger partial charge in [-0.25, -0.2) is 4.39 Å². The van der Waals surface area contributed by atoms with Gasteiger partial charge in [-0.05, 0) is 24.1 Å². The number of methoxy groups -OCH3 is 1. The average Bonchev–Trinajstić information content (AvgIpc) is 2.30. The van der Waals surface area contributed by atoms with Crippen LogP contribution in [0.15, 0.2) is 24.3 Å². The maximum Gasteiger partial charge on any atom is 0.216 e. The van der Waals surface area contributed by atoms with E-state index in [2.05, 4.69) is 5.32 Å². The van der Waals surface area contributed by atoms with Crippen LogP contribution in [0.3, 0.4) is 0 Å². The summed E-state index contributed by atoms with van der Waals surface area (Å²) in [5, 5.41) is 2.69. The molecule has 1 rings (SSSR count). The van der Waals surface area contributed by atoms with Gasteiger partial charge in [-0.3, -0.25) is 4.79 Å². The van der Waals surface area contributed by atoms with Gasteiger partial charge in [-0.2, -0.15) is 0 Å². The zero-order valence-electron chi connectivity index (χ0n) is 10.00. The molecule has 0 aliphatic rings. The minimum atomic E-state index is -0.372. The Kier molecular flexibility index (Phi) is 5.20. The summed E-state index contributed by atoms with van der Waals surface area (Å²) in [5.41, 5.74) is 0.867. The van der Waals surface area contributed by atoms with Gasteiger partial charge in [0, 0.05) is 13.5 Å². The van der Waals surface area contributed by atoms with E-state index in [1.807, 2.05) is 12.2 Å². The van der Waals surface area contributed by atoms with Crippen LogP contribution in [0.2, 0.25) is 0 Å². The molecule has 0 aromatic heterocycles. The summed E-state index contributed by atoms with van der Waals surface area (Å²) in [5.74, 6) is -0.182. The SMILES string of the molecule is COc1cc(C=CCCNC(C)=O)ccc1F. The first-order valence-electron chi connectivity index (χ1n) is 5.38. The first kappa shape index (κ1) is 13.2. The predicted octanol–water partition coefficient (Wildman–Crippen LogP) is 2.37. The van der Waals surface area contributed by atoms with Gasteiger partial charge in [0.1, 0.15) is 0 Å². The summed E-state index contributed by atoms with van der Waals surface area (Å²) in [6.07, 6.45) is 4.52. The molecule has 0 atom stereocenters. The molecule has 3 nitrogen and oxygen atoms in total. The molecule has 92 valence electrons. The van der Waals surface area contributed by atoms with Crippen LogP contribution in [0.1, 0.15) is 18.9 Å². The molecular formula is C13H16FNO2. The minimum absolute atomic E-state index is 0.0400. The lowest BCUT2D eigenvalue weighted by molar-refractivity contribution is -0.118. The first-order chi connectivity index (χ1) is 8.13. The van der Waals surface area contributed by atoms with E-state index >= 15 is 0 Å². The van der Waals surface area contributed by atoms with Gasteiger partial charge in [-0.15, -0.1) is 0 Å². The third-order valence-corrected chi connectivity index (χ3v) is 2.17. The maximum absolute atomic E-state index is 13.1. The number of hydrogen-bond donors (Lipinski definition) is 1. The molecule has 0 radical (unpaired) electrons. The molecule has 1 aromatic carbocycles. The summed E-state index contributed by atoms with van der Waals surface area (Å²) in [6.45, 7) is 2.08. The van der Waals surface area contributed by atoms with Crippen molar-refractivity contribution in [2.75, 3.05) is 13.7 Å². The third-order valence-electron chi connectivity index (χ3n) is 2.17. The number of benzene rings is 1. The van der Waals surface area contributed by atoms with Gasteiger partial charge in [0.05, 0.1) is 7.11 Å². The van der Waals surface area contributed by atoms with Crippen molar-refractivity contribution in [1.82, 2.24) is 5.32 Å². The van der Waals surface area contributed by atoms with Crippen LogP contribution in [0.4, 0.5) is 4.39 Å². The molecular weight excluding hydrogens is 221 g/mol. The average molecular weight is 237 g/mol. The van der Waals surface area contributed by atoms with E-state index in [0.29, 0.717) is 6.54 Å². The predicted molar refractivity (Wildman–Crippen MR) is 65.3 cm³/mol.